The lowest BCUT2D eigenvalue weighted by atomic mass is 9.95. The van der Waals surface area contributed by atoms with E-state index >= 15 is 0 Å². The molecule has 2 heterocycles. The maximum absolute atomic E-state index is 6.02. The molecule has 3 atom stereocenters. The Kier molecular flexibility index (Phi) is 3.76. The van der Waals surface area contributed by atoms with Crippen molar-refractivity contribution in [2.75, 3.05) is 13.7 Å². The van der Waals surface area contributed by atoms with Crippen molar-refractivity contribution in [2.24, 2.45) is 0 Å². The first-order valence-corrected chi connectivity index (χ1v) is 7.36. The molecule has 104 valence electrons. The molecular formula is C16H23NO2. The summed E-state index contributed by atoms with van der Waals surface area (Å²) < 4.78 is 11.7. The van der Waals surface area contributed by atoms with Crippen LogP contribution in [0.25, 0.3) is 0 Å². The van der Waals surface area contributed by atoms with Crippen LogP contribution < -0.4 is 10.1 Å². The number of ether oxygens (including phenoxy) is 2. The van der Waals surface area contributed by atoms with Crippen LogP contribution in [0.5, 0.6) is 5.75 Å². The first kappa shape index (κ1) is 12.9. The number of fused-ring (bicyclic) bond motifs is 1. The second-order valence-corrected chi connectivity index (χ2v) is 5.65. The molecule has 19 heavy (non-hydrogen) atoms. The van der Waals surface area contributed by atoms with Gasteiger partial charge < -0.3 is 14.8 Å². The van der Waals surface area contributed by atoms with Crippen molar-refractivity contribution in [1.29, 1.82) is 0 Å². The van der Waals surface area contributed by atoms with Crippen LogP contribution >= 0.6 is 0 Å². The maximum Gasteiger partial charge on any atom is 0.122 e. The van der Waals surface area contributed by atoms with Crippen molar-refractivity contribution in [3.8, 4) is 5.75 Å². The van der Waals surface area contributed by atoms with E-state index in [0.717, 1.165) is 38.0 Å². The molecule has 0 bridgehead atoms. The molecule has 3 unspecified atom stereocenters. The van der Waals surface area contributed by atoms with Crippen LogP contribution in [0.15, 0.2) is 18.2 Å². The van der Waals surface area contributed by atoms with Crippen molar-refractivity contribution in [1.82, 2.24) is 5.32 Å². The smallest absolute Gasteiger partial charge is 0.122 e. The number of aryl methyl sites for hydroxylation is 1. The third-order valence-corrected chi connectivity index (χ3v) is 4.24. The van der Waals surface area contributed by atoms with E-state index in [1.165, 1.54) is 11.1 Å². The molecule has 3 rings (SSSR count). The molecule has 0 radical (unpaired) electrons. The SMILES string of the molecule is CNC(c1ccc2c(c1)CCCO2)C1CCC(C)O1. The van der Waals surface area contributed by atoms with Crippen LogP contribution in [-0.2, 0) is 11.2 Å². The number of rotatable bonds is 3. The van der Waals surface area contributed by atoms with Crippen molar-refractivity contribution >= 4 is 0 Å². The number of nitrogens with one attached hydrogen (secondary N) is 1. The van der Waals surface area contributed by atoms with Gasteiger partial charge >= 0.3 is 0 Å². The highest BCUT2D eigenvalue weighted by Crippen LogP contribution is 2.33. The molecular weight excluding hydrogens is 238 g/mol. The standard InChI is InChI=1S/C16H23NO2/c1-11-5-7-15(19-11)16(17-2)13-6-8-14-12(10-13)4-3-9-18-14/h6,8,10-11,15-17H,3-5,7,9H2,1-2H3. The summed E-state index contributed by atoms with van der Waals surface area (Å²) in [5.74, 6) is 1.06. The molecule has 3 nitrogen and oxygen atoms in total. The minimum Gasteiger partial charge on any atom is -0.493 e. The third kappa shape index (κ3) is 2.63. The molecule has 3 heteroatoms. The van der Waals surface area contributed by atoms with Crippen LogP contribution in [0.3, 0.4) is 0 Å². The fourth-order valence-corrected chi connectivity index (χ4v) is 3.22. The van der Waals surface area contributed by atoms with Gasteiger partial charge in [-0.1, -0.05) is 12.1 Å². The minimum atomic E-state index is 0.289. The average molecular weight is 261 g/mol. The summed E-state index contributed by atoms with van der Waals surface area (Å²) in [6.07, 6.45) is 5.24. The van der Waals surface area contributed by atoms with Crippen LogP contribution in [0, 0.1) is 0 Å². The number of hydrogen-bond donors (Lipinski definition) is 1. The summed E-state index contributed by atoms with van der Waals surface area (Å²) in [7, 11) is 2.02. The molecule has 1 N–H and O–H groups in total. The van der Waals surface area contributed by atoms with E-state index in [1.54, 1.807) is 0 Å². The van der Waals surface area contributed by atoms with Gasteiger partial charge in [-0.25, -0.2) is 0 Å². The Morgan fingerprint density at radius 3 is 2.95 bits per heavy atom. The zero-order chi connectivity index (χ0) is 13.2. The lowest BCUT2D eigenvalue weighted by molar-refractivity contribution is 0.0333. The topological polar surface area (TPSA) is 30.5 Å². The maximum atomic E-state index is 6.02. The van der Waals surface area contributed by atoms with E-state index in [2.05, 4.69) is 30.4 Å². The van der Waals surface area contributed by atoms with Crippen LogP contribution in [-0.4, -0.2) is 25.9 Å². The Labute approximate surface area is 115 Å². The molecule has 2 aliphatic heterocycles. The first-order valence-electron chi connectivity index (χ1n) is 7.36. The molecule has 0 amide bonds. The Balaban J connectivity index is 1.83. The molecule has 1 saturated heterocycles. The van der Waals surface area contributed by atoms with E-state index in [1.807, 2.05) is 7.05 Å². The number of likely N-dealkylation sites (N-methyl/N-ethyl adjacent to an activating group) is 1. The van der Waals surface area contributed by atoms with Crippen molar-refractivity contribution in [2.45, 2.75) is 50.9 Å². The Morgan fingerprint density at radius 2 is 2.21 bits per heavy atom. The Bertz CT molecular complexity index is 446. The van der Waals surface area contributed by atoms with Gasteiger partial charge in [0.15, 0.2) is 0 Å². The summed E-state index contributed by atoms with van der Waals surface area (Å²) in [4.78, 5) is 0. The van der Waals surface area contributed by atoms with Gasteiger partial charge in [0.05, 0.1) is 24.9 Å². The van der Waals surface area contributed by atoms with Crippen molar-refractivity contribution < 1.29 is 9.47 Å². The van der Waals surface area contributed by atoms with Gasteiger partial charge in [0.1, 0.15) is 5.75 Å². The van der Waals surface area contributed by atoms with E-state index in [0.29, 0.717) is 12.2 Å². The summed E-state index contributed by atoms with van der Waals surface area (Å²) in [5.41, 5.74) is 2.67. The van der Waals surface area contributed by atoms with Gasteiger partial charge in [-0.3, -0.25) is 0 Å². The number of benzene rings is 1. The summed E-state index contributed by atoms with van der Waals surface area (Å²) in [5, 5.41) is 3.42. The molecule has 2 aliphatic rings. The van der Waals surface area contributed by atoms with Gasteiger partial charge in [-0.05, 0) is 56.8 Å². The van der Waals surface area contributed by atoms with Crippen LogP contribution in [0.4, 0.5) is 0 Å². The highest BCUT2D eigenvalue weighted by molar-refractivity contribution is 5.40. The molecule has 0 saturated carbocycles. The fourth-order valence-electron chi connectivity index (χ4n) is 3.22. The van der Waals surface area contributed by atoms with Gasteiger partial charge in [0.2, 0.25) is 0 Å². The van der Waals surface area contributed by atoms with Gasteiger partial charge in [0, 0.05) is 0 Å². The minimum absolute atomic E-state index is 0.289. The molecule has 1 fully saturated rings. The van der Waals surface area contributed by atoms with Crippen LogP contribution in [0.1, 0.15) is 43.4 Å². The predicted octanol–water partition coefficient (Wildman–Crippen LogP) is 2.84. The fraction of sp³-hybridized carbons (Fsp3) is 0.625. The van der Waals surface area contributed by atoms with E-state index in [4.69, 9.17) is 9.47 Å². The van der Waals surface area contributed by atoms with Gasteiger partial charge in [-0.15, -0.1) is 0 Å². The lowest BCUT2D eigenvalue weighted by Gasteiger charge is -2.25. The van der Waals surface area contributed by atoms with Gasteiger partial charge in [0.25, 0.3) is 0 Å². The Hall–Kier alpha value is -1.06. The normalized spacial score (nSPS) is 27.7. The predicted molar refractivity (Wildman–Crippen MR) is 75.6 cm³/mol. The molecule has 0 aliphatic carbocycles. The second kappa shape index (κ2) is 5.51. The largest absolute Gasteiger partial charge is 0.493 e. The zero-order valence-corrected chi connectivity index (χ0v) is 11.8. The van der Waals surface area contributed by atoms with Gasteiger partial charge in [-0.2, -0.15) is 0 Å². The molecule has 1 aromatic carbocycles. The highest BCUT2D eigenvalue weighted by atomic mass is 16.5. The quantitative estimate of drug-likeness (QED) is 0.907. The Morgan fingerprint density at radius 1 is 1.32 bits per heavy atom. The molecule has 0 spiro atoms. The van der Waals surface area contributed by atoms with E-state index < -0.39 is 0 Å². The summed E-state index contributed by atoms with van der Waals surface area (Å²) >= 11 is 0. The number of hydrogen-bond acceptors (Lipinski definition) is 3. The van der Waals surface area contributed by atoms with Crippen molar-refractivity contribution in [3.05, 3.63) is 29.3 Å². The summed E-state index contributed by atoms with van der Waals surface area (Å²) in [6.45, 7) is 3.01. The second-order valence-electron chi connectivity index (χ2n) is 5.65. The summed E-state index contributed by atoms with van der Waals surface area (Å²) in [6, 6.07) is 6.88. The third-order valence-electron chi connectivity index (χ3n) is 4.24. The monoisotopic (exact) mass is 261 g/mol. The highest BCUT2D eigenvalue weighted by Gasteiger charge is 2.30. The lowest BCUT2D eigenvalue weighted by Crippen LogP contribution is -2.29. The average Bonchev–Trinajstić information content (AvgIpc) is 2.86. The van der Waals surface area contributed by atoms with Crippen molar-refractivity contribution in [3.63, 3.8) is 0 Å². The molecule has 0 aromatic heterocycles. The van der Waals surface area contributed by atoms with Crippen LogP contribution in [0.2, 0.25) is 0 Å². The zero-order valence-electron chi connectivity index (χ0n) is 11.8. The molecule has 1 aromatic rings. The first-order chi connectivity index (χ1) is 9.28. The van der Waals surface area contributed by atoms with E-state index in [-0.39, 0.29) is 6.04 Å². The van der Waals surface area contributed by atoms with E-state index in [9.17, 15) is 0 Å².